The van der Waals surface area contributed by atoms with Gasteiger partial charge in [-0.25, -0.2) is 0 Å². The van der Waals surface area contributed by atoms with Gasteiger partial charge in [-0.05, 0) is 11.0 Å². The number of pyridine rings is 1. The number of fused-ring (bicyclic) bond motifs is 1. The third kappa shape index (κ3) is 1.77. The minimum Gasteiger partial charge on any atom is -0.358 e. The van der Waals surface area contributed by atoms with E-state index in [1.165, 1.54) is 27.7 Å². The van der Waals surface area contributed by atoms with Crippen LogP contribution in [0.4, 0.5) is 5.82 Å². The maximum absolute atomic E-state index is 11.6. The molecule has 0 aliphatic heterocycles. The Morgan fingerprint density at radius 1 is 1.40 bits per heavy atom. The highest BCUT2D eigenvalue weighted by Gasteiger charge is 2.26. The van der Waals surface area contributed by atoms with Crippen LogP contribution >= 0.6 is 0 Å². The summed E-state index contributed by atoms with van der Waals surface area (Å²) in [6.07, 6.45) is 4.21. The topological polar surface area (TPSA) is 108 Å². The Labute approximate surface area is 114 Å². The zero-order valence-corrected chi connectivity index (χ0v) is 11.0. The lowest BCUT2D eigenvalue weighted by Gasteiger charge is -2.00. The van der Waals surface area contributed by atoms with E-state index in [2.05, 4.69) is 15.2 Å². The summed E-state index contributed by atoms with van der Waals surface area (Å²) in [5, 5.41) is 18.7. The molecule has 0 N–H and O–H groups in total. The highest BCUT2D eigenvalue weighted by molar-refractivity contribution is 7.84. The average Bonchev–Trinajstić information content (AvgIpc) is 3.02. The second kappa shape index (κ2) is 4.49. The molecule has 20 heavy (non-hydrogen) atoms. The van der Waals surface area contributed by atoms with Crippen LogP contribution in [0.25, 0.3) is 11.5 Å². The van der Waals surface area contributed by atoms with Gasteiger partial charge >= 0.3 is 5.82 Å². The Morgan fingerprint density at radius 3 is 2.90 bits per heavy atom. The summed E-state index contributed by atoms with van der Waals surface area (Å²) in [5.74, 6) is -0.191. The van der Waals surface area contributed by atoms with Crippen molar-refractivity contribution in [2.45, 2.75) is 5.16 Å². The van der Waals surface area contributed by atoms with Gasteiger partial charge in [0.25, 0.3) is 0 Å². The first kappa shape index (κ1) is 12.4. The van der Waals surface area contributed by atoms with Crippen molar-refractivity contribution in [3.63, 3.8) is 0 Å². The molecule has 3 heterocycles. The number of aromatic nitrogens is 5. The lowest BCUT2D eigenvalue weighted by molar-refractivity contribution is -0.390. The number of nitrogens with zero attached hydrogens (tertiary/aromatic N) is 6. The first-order chi connectivity index (χ1) is 9.59. The summed E-state index contributed by atoms with van der Waals surface area (Å²) in [6.45, 7) is 0. The molecular formula is C10H8N6O3S. The summed E-state index contributed by atoms with van der Waals surface area (Å²) in [7, 11) is -1.44. The van der Waals surface area contributed by atoms with Gasteiger partial charge in [0.15, 0.2) is 0 Å². The highest BCUT2D eigenvalue weighted by atomic mass is 32.2. The van der Waals surface area contributed by atoms with E-state index in [1.54, 1.807) is 18.2 Å². The van der Waals surface area contributed by atoms with Crippen LogP contribution in [0.5, 0.6) is 0 Å². The van der Waals surface area contributed by atoms with Gasteiger partial charge in [0.05, 0.1) is 17.0 Å². The standard InChI is InChI=1S/C10H8N6O3S/c1-20(19)10-13-11-6-15(10)8-9(16(17)18)14-5-3-2-4-7(14)12-8/h2-6H,1H3. The van der Waals surface area contributed by atoms with Gasteiger partial charge in [-0.2, -0.15) is 9.38 Å². The van der Waals surface area contributed by atoms with Crippen LogP contribution in [0.1, 0.15) is 0 Å². The van der Waals surface area contributed by atoms with E-state index in [9.17, 15) is 14.3 Å². The molecule has 102 valence electrons. The summed E-state index contributed by atoms with van der Waals surface area (Å²) in [4.78, 5) is 14.9. The lowest BCUT2D eigenvalue weighted by atomic mass is 10.5. The summed E-state index contributed by atoms with van der Waals surface area (Å²) >= 11 is 0. The van der Waals surface area contributed by atoms with E-state index >= 15 is 0 Å². The third-order valence-electron chi connectivity index (χ3n) is 2.66. The molecule has 3 aromatic heterocycles. The van der Waals surface area contributed by atoms with Crippen molar-refractivity contribution in [2.75, 3.05) is 6.26 Å². The minimum absolute atomic E-state index is 0.0383. The van der Waals surface area contributed by atoms with E-state index in [0.29, 0.717) is 5.65 Å². The van der Waals surface area contributed by atoms with Crippen LogP contribution in [-0.4, -0.2) is 39.5 Å². The average molecular weight is 292 g/mol. The lowest BCUT2D eigenvalue weighted by Crippen LogP contribution is -2.05. The van der Waals surface area contributed by atoms with Crippen LogP contribution in [-0.2, 0) is 10.8 Å². The van der Waals surface area contributed by atoms with E-state index in [4.69, 9.17) is 0 Å². The molecule has 0 bridgehead atoms. The van der Waals surface area contributed by atoms with Crippen LogP contribution in [0.3, 0.4) is 0 Å². The smallest absolute Gasteiger partial charge is 0.358 e. The summed E-state index contributed by atoms with van der Waals surface area (Å²) in [6, 6.07) is 5.03. The monoisotopic (exact) mass is 292 g/mol. The maximum Gasteiger partial charge on any atom is 0.373 e. The number of nitro groups is 1. The van der Waals surface area contributed by atoms with Crippen molar-refractivity contribution in [1.82, 2.24) is 24.1 Å². The zero-order chi connectivity index (χ0) is 14.3. The SMILES string of the molecule is CS(=O)c1nncn1-c1nc2ccccn2c1[N+](=O)[O-]. The Hall–Kier alpha value is -2.62. The molecule has 0 spiro atoms. The predicted octanol–water partition coefficient (Wildman–Crippen LogP) is 0.561. The van der Waals surface area contributed by atoms with Gasteiger partial charge in [0.2, 0.25) is 16.6 Å². The van der Waals surface area contributed by atoms with E-state index in [-0.39, 0.29) is 16.8 Å². The van der Waals surface area contributed by atoms with Crippen LogP contribution < -0.4 is 0 Å². The van der Waals surface area contributed by atoms with Crippen molar-refractivity contribution < 1.29 is 9.13 Å². The molecule has 1 atom stereocenters. The molecule has 0 aliphatic carbocycles. The van der Waals surface area contributed by atoms with Crippen molar-refractivity contribution in [3.05, 3.63) is 40.8 Å². The molecule has 0 aliphatic rings. The fraction of sp³-hybridized carbons (Fsp3) is 0.100. The second-order valence-corrected chi connectivity index (χ2v) is 5.16. The van der Waals surface area contributed by atoms with E-state index < -0.39 is 15.7 Å². The first-order valence-electron chi connectivity index (χ1n) is 5.45. The normalized spacial score (nSPS) is 12.7. The molecule has 3 aromatic rings. The molecule has 0 saturated heterocycles. The van der Waals surface area contributed by atoms with Gasteiger partial charge in [-0.3, -0.25) is 8.78 Å². The van der Waals surface area contributed by atoms with E-state index in [1.807, 2.05) is 0 Å². The van der Waals surface area contributed by atoms with Crippen molar-refractivity contribution in [1.29, 1.82) is 0 Å². The first-order valence-corrected chi connectivity index (χ1v) is 7.00. The number of imidazole rings is 1. The van der Waals surface area contributed by atoms with Gasteiger partial charge < -0.3 is 10.1 Å². The van der Waals surface area contributed by atoms with Crippen molar-refractivity contribution in [3.8, 4) is 5.82 Å². The molecule has 0 amide bonds. The van der Waals surface area contributed by atoms with Crippen molar-refractivity contribution >= 4 is 22.3 Å². The Morgan fingerprint density at radius 2 is 2.20 bits per heavy atom. The summed E-state index contributed by atoms with van der Waals surface area (Å²) in [5.41, 5.74) is 0.413. The van der Waals surface area contributed by atoms with Crippen LogP contribution in [0.2, 0.25) is 0 Å². The van der Waals surface area contributed by atoms with Crippen LogP contribution in [0.15, 0.2) is 35.9 Å². The zero-order valence-electron chi connectivity index (χ0n) is 10.2. The second-order valence-electron chi connectivity index (χ2n) is 3.88. The van der Waals surface area contributed by atoms with Gasteiger partial charge in [-0.15, -0.1) is 10.2 Å². The Balaban J connectivity index is 2.36. The largest absolute Gasteiger partial charge is 0.373 e. The predicted molar refractivity (Wildman–Crippen MR) is 69.1 cm³/mol. The number of rotatable bonds is 3. The third-order valence-corrected chi connectivity index (χ3v) is 3.45. The summed E-state index contributed by atoms with van der Waals surface area (Å²) < 4.78 is 14.2. The fourth-order valence-corrected chi connectivity index (χ4v) is 2.44. The molecule has 3 rings (SSSR count). The molecule has 0 saturated carbocycles. The quantitative estimate of drug-likeness (QED) is 0.515. The van der Waals surface area contributed by atoms with Gasteiger partial charge in [0, 0.05) is 12.3 Å². The maximum atomic E-state index is 11.6. The Kier molecular flexibility index (Phi) is 2.79. The number of hydrogen-bond acceptors (Lipinski definition) is 6. The molecule has 0 radical (unpaired) electrons. The molecular weight excluding hydrogens is 284 g/mol. The molecule has 9 nitrogen and oxygen atoms in total. The Bertz CT molecular complexity index is 839. The van der Waals surface area contributed by atoms with Crippen LogP contribution in [0, 0.1) is 10.1 Å². The van der Waals surface area contributed by atoms with E-state index in [0.717, 1.165) is 0 Å². The minimum atomic E-state index is -1.44. The number of hydrogen-bond donors (Lipinski definition) is 0. The molecule has 1 unspecified atom stereocenters. The molecule has 0 aromatic carbocycles. The molecule has 0 fully saturated rings. The molecule has 10 heteroatoms. The highest BCUT2D eigenvalue weighted by Crippen LogP contribution is 2.25. The van der Waals surface area contributed by atoms with Gasteiger partial charge in [0.1, 0.15) is 6.33 Å². The fourth-order valence-electron chi connectivity index (χ4n) is 1.87. The van der Waals surface area contributed by atoms with Crippen molar-refractivity contribution in [2.24, 2.45) is 0 Å². The van der Waals surface area contributed by atoms with Gasteiger partial charge in [-0.1, -0.05) is 6.07 Å².